The molecule has 2 amide bonds. The summed E-state index contributed by atoms with van der Waals surface area (Å²) in [7, 11) is -3.79. The Labute approximate surface area is 256 Å². The van der Waals surface area contributed by atoms with Gasteiger partial charge in [-0.1, -0.05) is 55.8 Å². The van der Waals surface area contributed by atoms with E-state index in [0.717, 1.165) is 34.7 Å². The molecule has 42 heavy (non-hydrogen) atoms. The summed E-state index contributed by atoms with van der Waals surface area (Å²) in [4.78, 5) is 28.6. The molecule has 0 aromatic heterocycles. The molecule has 228 valence electrons. The minimum atomic E-state index is -3.79. The molecule has 0 saturated heterocycles. The molecule has 0 radical (unpaired) electrons. The summed E-state index contributed by atoms with van der Waals surface area (Å²) in [5.41, 5.74) is 2.65. The number of halogens is 1. The third-order valence-electron chi connectivity index (χ3n) is 9.72. The fraction of sp³-hybridized carbons (Fsp3) is 0.576. The fourth-order valence-electron chi connectivity index (χ4n) is 8.15. The van der Waals surface area contributed by atoms with Gasteiger partial charge in [0.1, 0.15) is 12.6 Å². The first kappa shape index (κ1) is 30.9. The van der Waals surface area contributed by atoms with E-state index in [1.54, 1.807) is 6.07 Å². The summed E-state index contributed by atoms with van der Waals surface area (Å²) in [6.45, 7) is 4.00. The van der Waals surface area contributed by atoms with Crippen LogP contribution in [0.4, 0.5) is 5.69 Å². The maximum absolute atomic E-state index is 14.0. The molecule has 0 heterocycles. The van der Waals surface area contributed by atoms with Gasteiger partial charge in [-0.25, -0.2) is 8.42 Å². The molecule has 1 N–H and O–H groups in total. The zero-order valence-electron chi connectivity index (χ0n) is 25.0. The summed E-state index contributed by atoms with van der Waals surface area (Å²) in [5.74, 6) is 1.72. The number of hydrogen-bond donors (Lipinski definition) is 1. The molecular formula is C33H44ClN3O4S. The van der Waals surface area contributed by atoms with E-state index < -0.39 is 28.5 Å². The van der Waals surface area contributed by atoms with Crippen molar-refractivity contribution in [3.63, 3.8) is 0 Å². The molecule has 4 saturated carbocycles. The van der Waals surface area contributed by atoms with Crippen molar-refractivity contribution in [1.29, 1.82) is 0 Å². The Morgan fingerprint density at radius 3 is 2.10 bits per heavy atom. The molecule has 1 unspecified atom stereocenters. The molecule has 9 heteroatoms. The molecule has 0 spiro atoms. The number of rotatable bonds is 12. The van der Waals surface area contributed by atoms with Gasteiger partial charge in [-0.2, -0.15) is 0 Å². The van der Waals surface area contributed by atoms with Crippen LogP contribution in [0.3, 0.4) is 0 Å². The summed E-state index contributed by atoms with van der Waals surface area (Å²) in [6.07, 6.45) is 10.0. The molecule has 4 aliphatic rings. The highest BCUT2D eigenvalue weighted by Gasteiger charge is 2.51. The zero-order valence-corrected chi connectivity index (χ0v) is 26.6. The lowest BCUT2D eigenvalue weighted by molar-refractivity contribution is -0.140. The van der Waals surface area contributed by atoms with Gasteiger partial charge in [-0.05, 0) is 104 Å². The molecule has 1 atom stereocenters. The molecule has 2 aromatic rings. The van der Waals surface area contributed by atoms with Crippen LogP contribution in [-0.4, -0.2) is 50.5 Å². The van der Waals surface area contributed by atoms with E-state index >= 15 is 0 Å². The molecule has 7 nitrogen and oxygen atoms in total. The van der Waals surface area contributed by atoms with Crippen LogP contribution >= 0.6 is 11.6 Å². The second-order valence-electron chi connectivity index (χ2n) is 12.8. The lowest BCUT2D eigenvalue weighted by Gasteiger charge is -2.57. The van der Waals surface area contributed by atoms with Gasteiger partial charge in [0.05, 0.1) is 11.9 Å². The predicted octanol–water partition coefficient (Wildman–Crippen LogP) is 5.91. The number of hydrogen-bond acceptors (Lipinski definition) is 4. The van der Waals surface area contributed by atoms with Crippen molar-refractivity contribution in [1.82, 2.24) is 10.2 Å². The molecule has 4 aliphatic carbocycles. The number of sulfonamides is 1. The lowest BCUT2D eigenvalue weighted by Crippen LogP contribution is -2.52. The Morgan fingerprint density at radius 2 is 1.57 bits per heavy atom. The number of carbonyl (C=O) groups is 2. The van der Waals surface area contributed by atoms with Crippen LogP contribution in [0.1, 0.15) is 76.3 Å². The Kier molecular flexibility index (Phi) is 9.24. The summed E-state index contributed by atoms with van der Waals surface area (Å²) in [5, 5.41) is 3.38. The van der Waals surface area contributed by atoms with Gasteiger partial charge in [-0.3, -0.25) is 13.9 Å². The van der Waals surface area contributed by atoms with Gasteiger partial charge >= 0.3 is 0 Å². The minimum absolute atomic E-state index is 0.0963. The first-order chi connectivity index (χ1) is 20.0. The van der Waals surface area contributed by atoms with Crippen LogP contribution in [0.5, 0.6) is 0 Å². The van der Waals surface area contributed by atoms with Crippen LogP contribution in [0.2, 0.25) is 5.02 Å². The number of nitrogens with one attached hydrogen (secondary N) is 1. The quantitative estimate of drug-likeness (QED) is 0.323. The predicted molar refractivity (Wildman–Crippen MR) is 168 cm³/mol. The van der Waals surface area contributed by atoms with E-state index in [2.05, 4.69) is 17.4 Å². The third kappa shape index (κ3) is 6.49. The third-order valence-corrected chi connectivity index (χ3v) is 11.2. The van der Waals surface area contributed by atoms with E-state index in [1.807, 2.05) is 44.2 Å². The molecule has 4 bridgehead atoms. The van der Waals surface area contributed by atoms with Crippen molar-refractivity contribution in [3.05, 3.63) is 64.7 Å². The van der Waals surface area contributed by atoms with Crippen LogP contribution in [0, 0.1) is 17.8 Å². The summed E-state index contributed by atoms with van der Waals surface area (Å²) < 4.78 is 27.3. The van der Waals surface area contributed by atoms with Crippen LogP contribution in [0.15, 0.2) is 48.5 Å². The topological polar surface area (TPSA) is 86.8 Å². The Hall–Kier alpha value is -2.58. The van der Waals surface area contributed by atoms with Crippen molar-refractivity contribution >= 4 is 39.1 Å². The molecule has 4 fully saturated rings. The average Bonchev–Trinajstić information content (AvgIpc) is 2.94. The highest BCUT2D eigenvalue weighted by molar-refractivity contribution is 7.92. The second-order valence-corrected chi connectivity index (χ2v) is 15.2. The minimum Gasteiger partial charge on any atom is -0.354 e. The first-order valence-electron chi connectivity index (χ1n) is 15.4. The van der Waals surface area contributed by atoms with Crippen molar-refractivity contribution in [2.24, 2.45) is 17.8 Å². The van der Waals surface area contributed by atoms with Gasteiger partial charge in [0.2, 0.25) is 21.8 Å². The standard InChI is InChI=1S/C33H44ClN3O4S/c1-4-14-35-32(39)30(5-2)36(21-26-8-6-7-9-29(26)34)31(38)22-37(42(3,40)41)28-12-10-27(11-13-28)33-18-23-15-24(19-33)17-25(16-23)20-33/h6-13,23-25,30H,4-5,14-22H2,1-3H3,(H,35,39). The van der Waals surface area contributed by atoms with Crippen molar-refractivity contribution < 1.29 is 18.0 Å². The highest BCUT2D eigenvalue weighted by Crippen LogP contribution is 2.60. The van der Waals surface area contributed by atoms with Gasteiger partial charge < -0.3 is 10.2 Å². The van der Waals surface area contributed by atoms with E-state index in [0.29, 0.717) is 29.2 Å². The van der Waals surface area contributed by atoms with Gasteiger partial charge in [0.25, 0.3) is 0 Å². The van der Waals surface area contributed by atoms with E-state index in [1.165, 1.54) is 49.0 Å². The van der Waals surface area contributed by atoms with Crippen molar-refractivity contribution in [2.75, 3.05) is 23.7 Å². The maximum atomic E-state index is 14.0. The largest absolute Gasteiger partial charge is 0.354 e. The Morgan fingerprint density at radius 1 is 0.976 bits per heavy atom. The first-order valence-corrected chi connectivity index (χ1v) is 17.6. The zero-order chi connectivity index (χ0) is 30.1. The monoisotopic (exact) mass is 613 g/mol. The van der Waals surface area contributed by atoms with E-state index in [4.69, 9.17) is 11.6 Å². The number of anilines is 1. The molecular weight excluding hydrogens is 570 g/mol. The van der Waals surface area contributed by atoms with E-state index in [-0.39, 0.29) is 17.9 Å². The maximum Gasteiger partial charge on any atom is 0.244 e. The van der Waals surface area contributed by atoms with E-state index in [9.17, 15) is 18.0 Å². The lowest BCUT2D eigenvalue weighted by atomic mass is 9.48. The summed E-state index contributed by atoms with van der Waals surface area (Å²) in [6, 6.07) is 14.3. The summed E-state index contributed by atoms with van der Waals surface area (Å²) >= 11 is 6.44. The Balaban J connectivity index is 1.40. The number of amides is 2. The molecule has 0 aliphatic heterocycles. The fourth-order valence-corrected chi connectivity index (χ4v) is 9.20. The van der Waals surface area contributed by atoms with Gasteiger partial charge in [-0.15, -0.1) is 0 Å². The molecule has 6 rings (SSSR count). The molecule has 2 aromatic carbocycles. The number of benzene rings is 2. The van der Waals surface area contributed by atoms with Crippen LogP contribution < -0.4 is 9.62 Å². The van der Waals surface area contributed by atoms with Crippen LogP contribution in [-0.2, 0) is 31.6 Å². The van der Waals surface area contributed by atoms with Crippen molar-refractivity contribution in [3.8, 4) is 0 Å². The average molecular weight is 614 g/mol. The number of carbonyl (C=O) groups excluding carboxylic acids is 2. The van der Waals surface area contributed by atoms with Crippen molar-refractivity contribution in [2.45, 2.75) is 83.2 Å². The van der Waals surface area contributed by atoms with Gasteiger partial charge in [0, 0.05) is 18.1 Å². The Bertz CT molecular complexity index is 1360. The van der Waals surface area contributed by atoms with Gasteiger partial charge in [0.15, 0.2) is 0 Å². The normalized spacial score (nSPS) is 25.2. The highest BCUT2D eigenvalue weighted by atomic mass is 35.5. The number of nitrogens with zero attached hydrogens (tertiary/aromatic N) is 2. The SMILES string of the molecule is CCCNC(=O)C(CC)N(Cc1ccccc1Cl)C(=O)CN(c1ccc(C23CC4CC(CC(C4)C2)C3)cc1)S(C)(=O)=O. The smallest absolute Gasteiger partial charge is 0.244 e. The van der Waals surface area contributed by atoms with Crippen LogP contribution in [0.25, 0.3) is 0 Å². The second kappa shape index (κ2) is 12.6.